The Bertz CT molecular complexity index is 1110. The molecule has 0 spiro atoms. The topological polar surface area (TPSA) is 85.6 Å². The van der Waals surface area contributed by atoms with E-state index in [1.807, 2.05) is 59.8 Å². The first-order chi connectivity index (χ1) is 15.1. The minimum absolute atomic E-state index is 0.0415. The van der Waals surface area contributed by atoms with Crippen LogP contribution in [0.1, 0.15) is 11.4 Å². The molecule has 1 amide bonds. The highest BCUT2D eigenvalue weighted by Gasteiger charge is 2.33. The number of aryl methyl sites for hydroxylation is 2. The molecule has 4 heterocycles. The highest BCUT2D eigenvalue weighted by atomic mass is 16.6. The van der Waals surface area contributed by atoms with Gasteiger partial charge >= 0.3 is 0 Å². The van der Waals surface area contributed by atoms with E-state index in [1.165, 1.54) is 0 Å². The first kappa shape index (κ1) is 19.3. The van der Waals surface area contributed by atoms with Gasteiger partial charge in [0.2, 0.25) is 6.10 Å². The number of rotatable bonds is 3. The van der Waals surface area contributed by atoms with Gasteiger partial charge < -0.3 is 19.3 Å². The number of fused-ring (bicyclic) bond motifs is 1. The third-order valence-electron chi connectivity index (χ3n) is 5.56. The molecule has 9 heteroatoms. The Hall–Kier alpha value is -3.62. The predicted molar refractivity (Wildman–Crippen MR) is 114 cm³/mol. The number of nitrogens with zero attached hydrogens (tertiary/aromatic N) is 6. The van der Waals surface area contributed by atoms with Gasteiger partial charge in [-0.25, -0.2) is 14.6 Å². The van der Waals surface area contributed by atoms with E-state index in [9.17, 15) is 4.79 Å². The molecule has 1 unspecified atom stereocenters. The Labute approximate surface area is 180 Å². The Kier molecular flexibility index (Phi) is 4.93. The van der Waals surface area contributed by atoms with E-state index in [-0.39, 0.29) is 12.5 Å². The molecular formula is C22H24N6O3. The molecular weight excluding hydrogens is 396 g/mol. The molecule has 5 rings (SSSR count). The number of aromatic nitrogens is 4. The molecule has 2 aromatic heterocycles. The number of carbonyl (C=O) groups excluding carboxylic acids is 1. The van der Waals surface area contributed by atoms with Gasteiger partial charge in [-0.05, 0) is 32.0 Å². The highest BCUT2D eigenvalue weighted by Crippen LogP contribution is 2.31. The molecule has 1 atom stereocenters. The van der Waals surface area contributed by atoms with Crippen molar-refractivity contribution in [3.63, 3.8) is 0 Å². The van der Waals surface area contributed by atoms with Crippen LogP contribution in [-0.2, 0) is 4.79 Å². The van der Waals surface area contributed by atoms with Crippen LogP contribution in [0.5, 0.6) is 11.5 Å². The summed E-state index contributed by atoms with van der Waals surface area (Å²) in [5, 5.41) is 4.50. The van der Waals surface area contributed by atoms with Crippen molar-refractivity contribution in [2.75, 3.05) is 37.7 Å². The molecule has 0 radical (unpaired) electrons. The molecule has 2 aliphatic heterocycles. The summed E-state index contributed by atoms with van der Waals surface area (Å²) in [6.07, 6.45) is 0.946. The zero-order chi connectivity index (χ0) is 21.4. The van der Waals surface area contributed by atoms with Crippen molar-refractivity contribution >= 4 is 11.7 Å². The number of para-hydroxylation sites is 2. The van der Waals surface area contributed by atoms with Crippen molar-refractivity contribution < 1.29 is 14.3 Å². The van der Waals surface area contributed by atoms with E-state index in [0.717, 1.165) is 23.0 Å². The summed E-state index contributed by atoms with van der Waals surface area (Å²) in [4.78, 5) is 25.8. The summed E-state index contributed by atoms with van der Waals surface area (Å²) in [5.41, 5.74) is 1.97. The molecule has 1 aromatic carbocycles. The minimum Gasteiger partial charge on any atom is -0.485 e. The van der Waals surface area contributed by atoms with Crippen molar-refractivity contribution in [2.24, 2.45) is 0 Å². The van der Waals surface area contributed by atoms with Crippen LogP contribution in [0.4, 0.5) is 5.82 Å². The summed E-state index contributed by atoms with van der Waals surface area (Å²) >= 11 is 0. The lowest BCUT2D eigenvalue weighted by atomic mass is 10.2. The lowest BCUT2D eigenvalue weighted by molar-refractivity contribution is -0.141. The summed E-state index contributed by atoms with van der Waals surface area (Å²) in [6.45, 7) is 6.75. The lowest BCUT2D eigenvalue weighted by Crippen LogP contribution is -2.54. The Morgan fingerprint density at radius 1 is 1.00 bits per heavy atom. The molecule has 1 saturated heterocycles. The number of hydrogen-bond acceptors (Lipinski definition) is 7. The van der Waals surface area contributed by atoms with E-state index in [0.29, 0.717) is 37.7 Å². The molecule has 0 N–H and O–H groups in total. The largest absolute Gasteiger partial charge is 0.485 e. The third kappa shape index (κ3) is 3.78. The van der Waals surface area contributed by atoms with Gasteiger partial charge in [0, 0.05) is 37.9 Å². The molecule has 0 saturated carbocycles. The lowest BCUT2D eigenvalue weighted by Gasteiger charge is -2.37. The van der Waals surface area contributed by atoms with Crippen LogP contribution < -0.4 is 14.4 Å². The number of ether oxygens (including phenoxy) is 2. The number of piperazine rings is 1. The third-order valence-corrected chi connectivity index (χ3v) is 5.56. The standard InChI is InChI=1S/C22H24N6O3/c1-15-11-16(2)28(25-15)21-12-20(23-14-24-21)26-7-9-27(10-8-26)22(29)19-13-30-17-5-3-4-6-18(17)31-19/h3-6,11-12,14,19H,7-10,13H2,1-2H3. The number of carbonyl (C=O) groups is 1. The van der Waals surface area contributed by atoms with Crippen LogP contribution in [0.15, 0.2) is 42.7 Å². The average molecular weight is 420 g/mol. The number of benzene rings is 1. The van der Waals surface area contributed by atoms with Crippen LogP contribution in [0.2, 0.25) is 0 Å². The fourth-order valence-corrected chi connectivity index (χ4v) is 3.99. The maximum Gasteiger partial charge on any atom is 0.267 e. The van der Waals surface area contributed by atoms with Crippen molar-refractivity contribution in [2.45, 2.75) is 20.0 Å². The second-order valence-electron chi connectivity index (χ2n) is 7.75. The monoisotopic (exact) mass is 420 g/mol. The average Bonchev–Trinajstić information content (AvgIpc) is 3.16. The van der Waals surface area contributed by atoms with Gasteiger partial charge in [0.25, 0.3) is 5.91 Å². The Balaban J connectivity index is 1.23. The smallest absolute Gasteiger partial charge is 0.267 e. The maximum absolute atomic E-state index is 13.0. The molecule has 3 aromatic rings. The number of anilines is 1. The molecule has 160 valence electrons. The van der Waals surface area contributed by atoms with Gasteiger partial charge in [-0.15, -0.1) is 0 Å². The minimum atomic E-state index is -0.613. The maximum atomic E-state index is 13.0. The SMILES string of the molecule is Cc1cc(C)n(-c2cc(N3CCN(C(=O)C4COc5ccccc5O4)CC3)ncn2)n1. The second-order valence-corrected chi connectivity index (χ2v) is 7.75. The van der Waals surface area contributed by atoms with Crippen LogP contribution in [-0.4, -0.2) is 69.4 Å². The molecule has 31 heavy (non-hydrogen) atoms. The summed E-state index contributed by atoms with van der Waals surface area (Å²) < 4.78 is 13.4. The molecule has 1 fully saturated rings. The first-order valence-corrected chi connectivity index (χ1v) is 10.4. The van der Waals surface area contributed by atoms with Gasteiger partial charge in [-0.3, -0.25) is 4.79 Å². The summed E-state index contributed by atoms with van der Waals surface area (Å²) in [7, 11) is 0. The Morgan fingerprint density at radius 3 is 2.48 bits per heavy atom. The normalized spacial score (nSPS) is 18.2. The molecule has 0 bridgehead atoms. The highest BCUT2D eigenvalue weighted by molar-refractivity contribution is 5.82. The van der Waals surface area contributed by atoms with Crippen molar-refractivity contribution in [3.05, 3.63) is 54.1 Å². The molecule has 9 nitrogen and oxygen atoms in total. The van der Waals surface area contributed by atoms with Crippen molar-refractivity contribution in [1.29, 1.82) is 0 Å². The zero-order valence-electron chi connectivity index (χ0n) is 17.6. The van der Waals surface area contributed by atoms with Gasteiger partial charge in [0.05, 0.1) is 5.69 Å². The zero-order valence-corrected chi connectivity index (χ0v) is 17.6. The fourth-order valence-electron chi connectivity index (χ4n) is 3.99. The fraction of sp³-hybridized carbons (Fsp3) is 0.364. The molecule has 2 aliphatic rings. The van der Waals surface area contributed by atoms with Gasteiger partial charge in [-0.1, -0.05) is 12.1 Å². The van der Waals surface area contributed by atoms with Gasteiger partial charge in [-0.2, -0.15) is 5.10 Å². The Morgan fingerprint density at radius 2 is 1.74 bits per heavy atom. The van der Waals surface area contributed by atoms with Crippen molar-refractivity contribution in [1.82, 2.24) is 24.6 Å². The summed E-state index contributed by atoms with van der Waals surface area (Å²) in [5.74, 6) is 2.82. The van der Waals surface area contributed by atoms with E-state index < -0.39 is 6.10 Å². The number of amides is 1. The van der Waals surface area contributed by atoms with Crippen LogP contribution >= 0.6 is 0 Å². The van der Waals surface area contributed by atoms with E-state index >= 15 is 0 Å². The van der Waals surface area contributed by atoms with Crippen LogP contribution in [0, 0.1) is 13.8 Å². The van der Waals surface area contributed by atoms with Gasteiger partial charge in [0.1, 0.15) is 18.8 Å². The van der Waals surface area contributed by atoms with Gasteiger partial charge in [0.15, 0.2) is 17.3 Å². The van der Waals surface area contributed by atoms with E-state index in [2.05, 4.69) is 20.0 Å². The van der Waals surface area contributed by atoms with Crippen molar-refractivity contribution in [3.8, 4) is 17.3 Å². The second kappa shape index (κ2) is 7.90. The predicted octanol–water partition coefficient (Wildman–Crippen LogP) is 1.77. The van der Waals surface area contributed by atoms with Crippen LogP contribution in [0.3, 0.4) is 0 Å². The van der Waals surface area contributed by atoms with E-state index in [4.69, 9.17) is 9.47 Å². The number of hydrogen-bond donors (Lipinski definition) is 0. The summed E-state index contributed by atoms with van der Waals surface area (Å²) in [6, 6.07) is 11.4. The quantitative estimate of drug-likeness (QED) is 0.638. The first-order valence-electron chi connectivity index (χ1n) is 10.4. The van der Waals surface area contributed by atoms with E-state index in [1.54, 1.807) is 6.33 Å². The molecule has 0 aliphatic carbocycles. The van der Waals surface area contributed by atoms with Crippen LogP contribution in [0.25, 0.3) is 5.82 Å².